The predicted octanol–water partition coefficient (Wildman–Crippen LogP) is 1.49. The lowest BCUT2D eigenvalue weighted by Crippen LogP contribution is -2.22. The van der Waals surface area contributed by atoms with E-state index in [4.69, 9.17) is 4.74 Å². The standard InChI is InChI=1S/C11H15NO2/c1-3-12-8-11(13)9-5-4-6-10(7-9)14-2/h4-7,12H,3,8H2,1-2H3. The van der Waals surface area contributed by atoms with Crippen molar-refractivity contribution in [3.05, 3.63) is 29.8 Å². The summed E-state index contributed by atoms with van der Waals surface area (Å²) in [5, 5.41) is 2.99. The van der Waals surface area contributed by atoms with Crippen molar-refractivity contribution < 1.29 is 9.53 Å². The third-order valence-corrected chi connectivity index (χ3v) is 1.93. The van der Waals surface area contributed by atoms with Crippen LogP contribution in [0.2, 0.25) is 0 Å². The second kappa shape index (κ2) is 5.40. The van der Waals surface area contributed by atoms with Crippen LogP contribution in [0.4, 0.5) is 0 Å². The number of likely N-dealkylation sites (N-methyl/N-ethyl adjacent to an activating group) is 1. The van der Waals surface area contributed by atoms with Crippen molar-refractivity contribution in [3.8, 4) is 5.75 Å². The number of rotatable bonds is 5. The fraction of sp³-hybridized carbons (Fsp3) is 0.364. The molecule has 76 valence electrons. The summed E-state index contributed by atoms with van der Waals surface area (Å²) in [6.45, 7) is 3.15. The Labute approximate surface area is 84.1 Å². The van der Waals surface area contributed by atoms with Crippen LogP contribution in [0.1, 0.15) is 17.3 Å². The van der Waals surface area contributed by atoms with Crippen molar-refractivity contribution in [1.29, 1.82) is 0 Å². The molecule has 0 amide bonds. The quantitative estimate of drug-likeness (QED) is 0.720. The maximum absolute atomic E-state index is 11.6. The lowest BCUT2D eigenvalue weighted by atomic mass is 10.1. The zero-order valence-electron chi connectivity index (χ0n) is 8.54. The van der Waals surface area contributed by atoms with Gasteiger partial charge in [0.15, 0.2) is 5.78 Å². The van der Waals surface area contributed by atoms with Crippen molar-refractivity contribution in [2.75, 3.05) is 20.2 Å². The minimum atomic E-state index is 0.0887. The van der Waals surface area contributed by atoms with E-state index >= 15 is 0 Å². The molecule has 0 aliphatic rings. The van der Waals surface area contributed by atoms with E-state index in [0.29, 0.717) is 17.9 Å². The van der Waals surface area contributed by atoms with Crippen LogP contribution in [0.3, 0.4) is 0 Å². The van der Waals surface area contributed by atoms with Gasteiger partial charge in [0, 0.05) is 5.56 Å². The molecule has 1 aromatic carbocycles. The van der Waals surface area contributed by atoms with E-state index in [1.165, 1.54) is 0 Å². The summed E-state index contributed by atoms with van der Waals surface area (Å²) >= 11 is 0. The molecule has 0 radical (unpaired) electrons. The molecule has 0 bridgehead atoms. The number of carbonyl (C=O) groups is 1. The second-order valence-corrected chi connectivity index (χ2v) is 2.94. The minimum Gasteiger partial charge on any atom is -0.497 e. The average molecular weight is 193 g/mol. The number of benzene rings is 1. The molecule has 1 N–H and O–H groups in total. The molecular weight excluding hydrogens is 178 g/mol. The topological polar surface area (TPSA) is 38.3 Å². The van der Waals surface area contributed by atoms with Gasteiger partial charge in [-0.05, 0) is 18.7 Å². The molecule has 0 atom stereocenters. The molecule has 1 aromatic rings. The van der Waals surface area contributed by atoms with Crippen LogP contribution in [0.15, 0.2) is 24.3 Å². The number of hydrogen-bond acceptors (Lipinski definition) is 3. The van der Waals surface area contributed by atoms with Crippen LogP contribution in [0, 0.1) is 0 Å². The Bertz CT molecular complexity index is 310. The summed E-state index contributed by atoms with van der Waals surface area (Å²) in [4.78, 5) is 11.6. The average Bonchev–Trinajstić information content (AvgIpc) is 2.26. The van der Waals surface area contributed by atoms with Crippen molar-refractivity contribution in [1.82, 2.24) is 5.32 Å². The molecule has 0 unspecified atom stereocenters. The minimum absolute atomic E-state index is 0.0887. The van der Waals surface area contributed by atoms with E-state index in [-0.39, 0.29) is 5.78 Å². The summed E-state index contributed by atoms with van der Waals surface area (Å²) in [5.74, 6) is 0.804. The molecule has 0 heterocycles. The highest BCUT2D eigenvalue weighted by Crippen LogP contribution is 2.12. The highest BCUT2D eigenvalue weighted by atomic mass is 16.5. The van der Waals surface area contributed by atoms with E-state index < -0.39 is 0 Å². The molecule has 3 heteroatoms. The number of ketones is 1. The van der Waals surface area contributed by atoms with E-state index in [1.807, 2.05) is 19.1 Å². The first kappa shape index (κ1) is 10.7. The van der Waals surface area contributed by atoms with Crippen LogP contribution in [-0.2, 0) is 0 Å². The molecule has 0 aliphatic carbocycles. The van der Waals surface area contributed by atoms with Gasteiger partial charge in [0.25, 0.3) is 0 Å². The van der Waals surface area contributed by atoms with Gasteiger partial charge in [-0.25, -0.2) is 0 Å². The highest BCUT2D eigenvalue weighted by Gasteiger charge is 2.05. The third-order valence-electron chi connectivity index (χ3n) is 1.93. The molecule has 0 spiro atoms. The molecule has 0 aliphatic heterocycles. The summed E-state index contributed by atoms with van der Waals surface area (Å²) < 4.78 is 5.04. The number of methoxy groups -OCH3 is 1. The normalized spacial score (nSPS) is 9.86. The van der Waals surface area contributed by atoms with E-state index in [1.54, 1.807) is 19.2 Å². The van der Waals surface area contributed by atoms with Crippen LogP contribution in [-0.4, -0.2) is 26.0 Å². The molecule has 0 aromatic heterocycles. The van der Waals surface area contributed by atoms with Gasteiger partial charge in [-0.2, -0.15) is 0 Å². The highest BCUT2D eigenvalue weighted by molar-refractivity contribution is 5.97. The SMILES string of the molecule is CCNCC(=O)c1cccc(OC)c1. The van der Waals surface area contributed by atoms with E-state index in [0.717, 1.165) is 6.54 Å². The third kappa shape index (κ3) is 2.85. The van der Waals surface area contributed by atoms with E-state index in [2.05, 4.69) is 5.32 Å². The van der Waals surface area contributed by atoms with Crippen LogP contribution in [0.25, 0.3) is 0 Å². The van der Waals surface area contributed by atoms with Crippen molar-refractivity contribution >= 4 is 5.78 Å². The van der Waals surface area contributed by atoms with Gasteiger partial charge in [-0.3, -0.25) is 4.79 Å². The largest absolute Gasteiger partial charge is 0.497 e. The summed E-state index contributed by atoms with van der Waals surface area (Å²) in [5.41, 5.74) is 0.685. The Hall–Kier alpha value is -1.35. The van der Waals surface area contributed by atoms with Gasteiger partial charge >= 0.3 is 0 Å². The zero-order valence-corrected chi connectivity index (χ0v) is 8.54. The van der Waals surface area contributed by atoms with Crippen molar-refractivity contribution in [2.45, 2.75) is 6.92 Å². The fourth-order valence-corrected chi connectivity index (χ4v) is 1.14. The van der Waals surface area contributed by atoms with E-state index in [9.17, 15) is 4.79 Å². The number of ether oxygens (including phenoxy) is 1. The maximum atomic E-state index is 11.6. The second-order valence-electron chi connectivity index (χ2n) is 2.94. The summed E-state index contributed by atoms with van der Waals surface area (Å²) in [7, 11) is 1.59. The zero-order chi connectivity index (χ0) is 10.4. The molecule has 3 nitrogen and oxygen atoms in total. The smallest absolute Gasteiger partial charge is 0.176 e. The molecule has 14 heavy (non-hydrogen) atoms. The monoisotopic (exact) mass is 193 g/mol. The number of carbonyl (C=O) groups excluding carboxylic acids is 1. The summed E-state index contributed by atoms with van der Waals surface area (Å²) in [6, 6.07) is 7.18. The first-order valence-corrected chi connectivity index (χ1v) is 4.66. The Morgan fingerprint density at radius 3 is 2.93 bits per heavy atom. The number of hydrogen-bond donors (Lipinski definition) is 1. The molecule has 0 saturated heterocycles. The fourth-order valence-electron chi connectivity index (χ4n) is 1.14. The van der Waals surface area contributed by atoms with Gasteiger partial charge in [-0.1, -0.05) is 19.1 Å². The van der Waals surface area contributed by atoms with Crippen molar-refractivity contribution in [3.63, 3.8) is 0 Å². The summed E-state index contributed by atoms with van der Waals surface area (Å²) in [6.07, 6.45) is 0. The van der Waals surface area contributed by atoms with Crippen LogP contribution in [0.5, 0.6) is 5.75 Å². The number of Topliss-reactive ketones (excluding diaryl/α,β-unsaturated/α-hetero) is 1. The first-order chi connectivity index (χ1) is 6.77. The van der Waals surface area contributed by atoms with Gasteiger partial charge in [0.1, 0.15) is 5.75 Å². The maximum Gasteiger partial charge on any atom is 0.176 e. The predicted molar refractivity (Wildman–Crippen MR) is 55.9 cm³/mol. The number of nitrogens with one attached hydrogen (secondary N) is 1. The lowest BCUT2D eigenvalue weighted by molar-refractivity contribution is 0.0991. The van der Waals surface area contributed by atoms with Crippen LogP contribution >= 0.6 is 0 Å². The Kier molecular flexibility index (Phi) is 4.13. The van der Waals surface area contributed by atoms with Crippen molar-refractivity contribution in [2.24, 2.45) is 0 Å². The molecule has 1 rings (SSSR count). The van der Waals surface area contributed by atoms with Gasteiger partial charge < -0.3 is 10.1 Å². The molecular formula is C11H15NO2. The Morgan fingerprint density at radius 2 is 2.29 bits per heavy atom. The van der Waals surface area contributed by atoms with Gasteiger partial charge in [0.05, 0.1) is 13.7 Å². The Morgan fingerprint density at radius 1 is 1.50 bits per heavy atom. The lowest BCUT2D eigenvalue weighted by Gasteiger charge is -2.03. The Balaban J connectivity index is 2.69. The molecule has 0 fully saturated rings. The van der Waals surface area contributed by atoms with Crippen LogP contribution < -0.4 is 10.1 Å². The van der Waals surface area contributed by atoms with Gasteiger partial charge in [0.2, 0.25) is 0 Å². The van der Waals surface area contributed by atoms with Gasteiger partial charge in [-0.15, -0.1) is 0 Å². The molecule has 0 saturated carbocycles. The first-order valence-electron chi connectivity index (χ1n) is 4.66.